The van der Waals surface area contributed by atoms with Crippen LogP contribution in [0.5, 0.6) is 0 Å². The molecule has 1 aromatic rings. The summed E-state index contributed by atoms with van der Waals surface area (Å²) in [6.07, 6.45) is 3.45. The van der Waals surface area contributed by atoms with E-state index < -0.39 is 0 Å². The highest BCUT2D eigenvalue weighted by molar-refractivity contribution is 5.78. The number of nitrogens with zero attached hydrogens (tertiary/aromatic N) is 1. The highest BCUT2D eigenvalue weighted by atomic mass is 19.1. The van der Waals surface area contributed by atoms with Gasteiger partial charge in [0, 0.05) is 31.6 Å². The van der Waals surface area contributed by atoms with Gasteiger partial charge in [0.2, 0.25) is 5.91 Å². The monoisotopic (exact) mass is 365 g/mol. The standard InChI is InChI=1S/C19H28FN3O3/c1-21-18(25)15-8-6-14(7-9-15)12-22-19(26)23(10-11-24)13-16-4-2-3-5-17(16)20/h2-5,14-15,24H,6-13H2,1H3,(H,21,25)(H,22,26). The quantitative estimate of drug-likeness (QED) is 0.690. The number of hydrogen-bond donors (Lipinski definition) is 3. The summed E-state index contributed by atoms with van der Waals surface area (Å²) in [6.45, 7) is 0.601. The smallest absolute Gasteiger partial charge is 0.317 e. The first-order valence-corrected chi connectivity index (χ1v) is 9.13. The van der Waals surface area contributed by atoms with E-state index in [0.717, 1.165) is 25.7 Å². The lowest BCUT2D eigenvalue weighted by Crippen LogP contribution is -2.43. The number of rotatable bonds is 7. The van der Waals surface area contributed by atoms with Crippen LogP contribution in [0.3, 0.4) is 0 Å². The van der Waals surface area contributed by atoms with Crippen LogP contribution in [0.2, 0.25) is 0 Å². The van der Waals surface area contributed by atoms with Crippen LogP contribution in [0.1, 0.15) is 31.2 Å². The Morgan fingerprint density at radius 3 is 2.54 bits per heavy atom. The predicted octanol–water partition coefficient (Wildman–Crippen LogP) is 1.88. The van der Waals surface area contributed by atoms with E-state index in [0.29, 0.717) is 18.0 Å². The fraction of sp³-hybridized carbons (Fsp3) is 0.579. The Balaban J connectivity index is 1.83. The predicted molar refractivity (Wildman–Crippen MR) is 96.8 cm³/mol. The Morgan fingerprint density at radius 2 is 1.92 bits per heavy atom. The third-order valence-corrected chi connectivity index (χ3v) is 4.98. The molecule has 1 aliphatic rings. The minimum Gasteiger partial charge on any atom is -0.395 e. The summed E-state index contributed by atoms with van der Waals surface area (Å²) >= 11 is 0. The minimum absolute atomic E-state index is 0.0684. The van der Waals surface area contributed by atoms with Gasteiger partial charge < -0.3 is 20.6 Å². The molecule has 26 heavy (non-hydrogen) atoms. The number of aliphatic hydroxyl groups excluding tert-OH is 1. The van der Waals surface area contributed by atoms with Crippen LogP contribution in [0.25, 0.3) is 0 Å². The SMILES string of the molecule is CNC(=O)C1CCC(CNC(=O)N(CCO)Cc2ccccc2F)CC1. The Hall–Kier alpha value is -2.15. The van der Waals surface area contributed by atoms with Crippen molar-refractivity contribution in [2.75, 3.05) is 26.7 Å². The lowest BCUT2D eigenvalue weighted by atomic mass is 9.81. The van der Waals surface area contributed by atoms with E-state index in [-0.39, 0.29) is 43.4 Å². The van der Waals surface area contributed by atoms with E-state index in [9.17, 15) is 19.1 Å². The summed E-state index contributed by atoms with van der Waals surface area (Å²) in [5.41, 5.74) is 0.419. The summed E-state index contributed by atoms with van der Waals surface area (Å²) < 4.78 is 13.8. The topological polar surface area (TPSA) is 81.7 Å². The molecule has 2 rings (SSSR count). The van der Waals surface area contributed by atoms with E-state index in [1.807, 2.05) is 0 Å². The Bertz CT molecular complexity index is 603. The zero-order chi connectivity index (χ0) is 18.9. The number of benzene rings is 1. The molecular weight excluding hydrogens is 337 g/mol. The number of amides is 3. The number of aliphatic hydroxyl groups is 1. The second-order valence-corrected chi connectivity index (χ2v) is 6.75. The van der Waals surface area contributed by atoms with Crippen molar-refractivity contribution >= 4 is 11.9 Å². The van der Waals surface area contributed by atoms with Crippen molar-refractivity contribution in [2.45, 2.75) is 32.2 Å². The molecule has 0 atom stereocenters. The lowest BCUT2D eigenvalue weighted by molar-refractivity contribution is -0.125. The van der Waals surface area contributed by atoms with Crippen LogP contribution < -0.4 is 10.6 Å². The van der Waals surface area contributed by atoms with E-state index in [1.165, 1.54) is 11.0 Å². The summed E-state index contributed by atoms with van der Waals surface area (Å²) in [4.78, 5) is 25.5. The van der Waals surface area contributed by atoms with Crippen LogP contribution in [0.15, 0.2) is 24.3 Å². The zero-order valence-corrected chi connectivity index (χ0v) is 15.2. The minimum atomic E-state index is -0.365. The van der Waals surface area contributed by atoms with Crippen molar-refractivity contribution in [3.8, 4) is 0 Å². The van der Waals surface area contributed by atoms with Crippen molar-refractivity contribution in [3.63, 3.8) is 0 Å². The van der Waals surface area contributed by atoms with E-state index in [4.69, 9.17) is 0 Å². The third kappa shape index (κ3) is 5.69. The summed E-state index contributed by atoms with van der Waals surface area (Å²) in [6, 6.07) is 6.00. The second-order valence-electron chi connectivity index (χ2n) is 6.75. The molecule has 0 heterocycles. The molecule has 1 saturated carbocycles. The van der Waals surface area contributed by atoms with Crippen molar-refractivity contribution in [1.29, 1.82) is 0 Å². The highest BCUT2D eigenvalue weighted by Gasteiger charge is 2.26. The number of carbonyl (C=O) groups excluding carboxylic acids is 2. The summed E-state index contributed by atoms with van der Waals surface area (Å²) in [7, 11) is 1.65. The van der Waals surface area contributed by atoms with Gasteiger partial charge in [0.05, 0.1) is 13.2 Å². The normalized spacial score (nSPS) is 19.7. The third-order valence-electron chi connectivity index (χ3n) is 4.98. The Kier molecular flexibility index (Phi) is 7.84. The lowest BCUT2D eigenvalue weighted by Gasteiger charge is -2.29. The van der Waals surface area contributed by atoms with Crippen molar-refractivity contribution in [2.24, 2.45) is 11.8 Å². The van der Waals surface area contributed by atoms with Gasteiger partial charge in [-0.1, -0.05) is 18.2 Å². The summed E-state index contributed by atoms with van der Waals surface area (Å²) in [5, 5.41) is 14.8. The molecule has 0 saturated heterocycles. The maximum Gasteiger partial charge on any atom is 0.317 e. The average Bonchev–Trinajstić information content (AvgIpc) is 2.67. The first kappa shape index (κ1) is 20.2. The molecule has 7 heteroatoms. The molecule has 0 aliphatic heterocycles. The Morgan fingerprint density at radius 1 is 1.23 bits per heavy atom. The van der Waals surface area contributed by atoms with Crippen LogP contribution >= 0.6 is 0 Å². The number of nitrogens with one attached hydrogen (secondary N) is 2. The highest BCUT2D eigenvalue weighted by Crippen LogP contribution is 2.28. The Labute approximate surface area is 153 Å². The van der Waals surface area contributed by atoms with E-state index >= 15 is 0 Å². The fourth-order valence-corrected chi connectivity index (χ4v) is 3.38. The van der Waals surface area contributed by atoms with Crippen molar-refractivity contribution in [1.82, 2.24) is 15.5 Å². The largest absolute Gasteiger partial charge is 0.395 e. The van der Waals surface area contributed by atoms with Crippen molar-refractivity contribution < 1.29 is 19.1 Å². The molecule has 6 nitrogen and oxygen atoms in total. The van der Waals surface area contributed by atoms with Crippen LogP contribution in [0, 0.1) is 17.7 Å². The van der Waals surface area contributed by atoms with Gasteiger partial charge in [-0.2, -0.15) is 0 Å². The van der Waals surface area contributed by atoms with Crippen LogP contribution in [-0.2, 0) is 11.3 Å². The van der Waals surface area contributed by atoms with Gasteiger partial charge in [0.15, 0.2) is 0 Å². The van der Waals surface area contributed by atoms with Crippen molar-refractivity contribution in [3.05, 3.63) is 35.6 Å². The van der Waals surface area contributed by atoms with E-state index in [1.54, 1.807) is 25.2 Å². The molecule has 144 valence electrons. The molecular formula is C19H28FN3O3. The molecule has 3 amide bonds. The number of hydrogen-bond acceptors (Lipinski definition) is 3. The first-order valence-electron chi connectivity index (χ1n) is 9.13. The van der Waals surface area contributed by atoms with Gasteiger partial charge in [-0.05, 0) is 37.7 Å². The van der Waals surface area contributed by atoms with Gasteiger partial charge in [-0.25, -0.2) is 9.18 Å². The molecule has 0 spiro atoms. The molecule has 1 aromatic carbocycles. The van der Waals surface area contributed by atoms with Gasteiger partial charge in [-0.3, -0.25) is 4.79 Å². The number of carbonyl (C=O) groups is 2. The van der Waals surface area contributed by atoms with Crippen LogP contribution in [-0.4, -0.2) is 48.7 Å². The number of urea groups is 1. The van der Waals surface area contributed by atoms with Gasteiger partial charge >= 0.3 is 6.03 Å². The second kappa shape index (κ2) is 10.1. The van der Waals surface area contributed by atoms with E-state index in [2.05, 4.69) is 10.6 Å². The molecule has 1 aliphatic carbocycles. The molecule has 3 N–H and O–H groups in total. The molecule has 0 aromatic heterocycles. The van der Waals surface area contributed by atoms with Gasteiger partial charge in [0.1, 0.15) is 5.82 Å². The van der Waals surface area contributed by atoms with Crippen LogP contribution in [0.4, 0.5) is 9.18 Å². The molecule has 0 unspecified atom stereocenters. The molecule has 1 fully saturated rings. The maximum atomic E-state index is 13.8. The van der Waals surface area contributed by atoms with Gasteiger partial charge in [0.25, 0.3) is 0 Å². The fourth-order valence-electron chi connectivity index (χ4n) is 3.38. The average molecular weight is 365 g/mol. The first-order chi connectivity index (χ1) is 12.5. The van der Waals surface area contributed by atoms with Gasteiger partial charge in [-0.15, -0.1) is 0 Å². The molecule has 0 bridgehead atoms. The summed E-state index contributed by atoms with van der Waals surface area (Å²) in [5.74, 6) is 0.130. The zero-order valence-electron chi connectivity index (χ0n) is 15.2. The number of halogens is 1. The molecule has 0 radical (unpaired) electrons. The maximum absolute atomic E-state index is 13.8.